The summed E-state index contributed by atoms with van der Waals surface area (Å²) in [5.41, 5.74) is 0.891. The van der Waals surface area contributed by atoms with E-state index in [1.807, 2.05) is 6.92 Å². The van der Waals surface area contributed by atoms with E-state index in [2.05, 4.69) is 4.98 Å². The molecule has 0 radical (unpaired) electrons. The molecule has 0 amide bonds. The van der Waals surface area contributed by atoms with Crippen LogP contribution in [-0.2, 0) is 16.6 Å². The van der Waals surface area contributed by atoms with Crippen LogP contribution in [0.5, 0.6) is 5.75 Å². The number of hydrogen-bond donors (Lipinski definition) is 0. The third-order valence-electron chi connectivity index (χ3n) is 3.00. The second kappa shape index (κ2) is 6.69. The quantitative estimate of drug-likeness (QED) is 0.821. The Morgan fingerprint density at radius 2 is 1.71 bits per heavy atom. The van der Waals surface area contributed by atoms with Gasteiger partial charge >= 0.3 is 0 Å². The fourth-order valence-electron chi connectivity index (χ4n) is 1.88. The van der Waals surface area contributed by atoms with Gasteiger partial charge in [0, 0.05) is 26.0 Å². The second-order valence-electron chi connectivity index (χ2n) is 4.52. The van der Waals surface area contributed by atoms with Gasteiger partial charge in [-0.05, 0) is 48.9 Å². The highest BCUT2D eigenvalue weighted by atomic mass is 32.2. The summed E-state index contributed by atoms with van der Waals surface area (Å²) in [4.78, 5) is 4.17. The Bertz CT molecular complexity index is 670. The first-order valence-corrected chi connectivity index (χ1v) is 8.06. The number of ether oxygens (including phenoxy) is 1. The zero-order valence-corrected chi connectivity index (χ0v) is 12.9. The molecule has 0 spiro atoms. The molecule has 5 nitrogen and oxygen atoms in total. The Morgan fingerprint density at radius 3 is 2.29 bits per heavy atom. The molecule has 1 aromatic heterocycles. The van der Waals surface area contributed by atoms with Gasteiger partial charge in [-0.15, -0.1) is 0 Å². The Kier molecular flexibility index (Phi) is 4.93. The van der Waals surface area contributed by atoms with E-state index >= 15 is 0 Å². The molecule has 0 aliphatic carbocycles. The summed E-state index contributed by atoms with van der Waals surface area (Å²) in [5, 5.41) is 0. The standard InChI is InChI=1S/C15H18N2O3S/c1-3-20-14-4-6-15(7-5-14)21(18,19)17(2)12-13-8-10-16-11-9-13/h4-11H,3,12H2,1-2H3. The van der Waals surface area contributed by atoms with E-state index in [4.69, 9.17) is 4.74 Å². The first-order chi connectivity index (χ1) is 10.0. The maximum atomic E-state index is 12.5. The van der Waals surface area contributed by atoms with E-state index < -0.39 is 10.0 Å². The molecule has 0 aliphatic rings. The molecule has 6 heteroatoms. The van der Waals surface area contributed by atoms with Crippen molar-refractivity contribution < 1.29 is 13.2 Å². The molecule has 0 fully saturated rings. The Morgan fingerprint density at radius 1 is 1.10 bits per heavy atom. The van der Waals surface area contributed by atoms with Crippen molar-refractivity contribution >= 4 is 10.0 Å². The summed E-state index contributed by atoms with van der Waals surface area (Å²) in [6.07, 6.45) is 3.29. The van der Waals surface area contributed by atoms with Crippen molar-refractivity contribution in [3.63, 3.8) is 0 Å². The van der Waals surface area contributed by atoms with E-state index in [0.29, 0.717) is 18.9 Å². The molecule has 2 aromatic rings. The van der Waals surface area contributed by atoms with Crippen LogP contribution in [0.4, 0.5) is 0 Å². The summed E-state index contributed by atoms with van der Waals surface area (Å²) in [6.45, 7) is 2.74. The van der Waals surface area contributed by atoms with Crippen LogP contribution in [0.2, 0.25) is 0 Å². The van der Waals surface area contributed by atoms with Crippen LogP contribution in [-0.4, -0.2) is 31.4 Å². The topological polar surface area (TPSA) is 59.5 Å². The third-order valence-corrected chi connectivity index (χ3v) is 4.82. The minimum absolute atomic E-state index is 0.252. The van der Waals surface area contributed by atoms with Crippen LogP contribution in [0.1, 0.15) is 12.5 Å². The van der Waals surface area contributed by atoms with Gasteiger partial charge in [-0.1, -0.05) is 0 Å². The van der Waals surface area contributed by atoms with Gasteiger partial charge in [-0.3, -0.25) is 4.98 Å². The predicted molar refractivity (Wildman–Crippen MR) is 80.5 cm³/mol. The summed E-state index contributed by atoms with van der Waals surface area (Å²) in [6, 6.07) is 10.0. The van der Waals surface area contributed by atoms with Gasteiger partial charge in [0.15, 0.2) is 0 Å². The second-order valence-corrected chi connectivity index (χ2v) is 6.57. The largest absolute Gasteiger partial charge is 0.494 e. The molecule has 0 atom stereocenters. The van der Waals surface area contributed by atoms with Crippen LogP contribution in [0.3, 0.4) is 0 Å². The SMILES string of the molecule is CCOc1ccc(S(=O)(=O)N(C)Cc2ccncc2)cc1. The zero-order valence-electron chi connectivity index (χ0n) is 12.1. The number of rotatable bonds is 6. The van der Waals surface area contributed by atoms with E-state index in [1.54, 1.807) is 55.8 Å². The Labute approximate surface area is 125 Å². The molecule has 112 valence electrons. The van der Waals surface area contributed by atoms with Crippen LogP contribution >= 0.6 is 0 Å². The van der Waals surface area contributed by atoms with E-state index in [9.17, 15) is 8.42 Å². The first kappa shape index (κ1) is 15.5. The number of pyridine rings is 1. The molecular formula is C15H18N2O3S. The average Bonchev–Trinajstić information content (AvgIpc) is 2.49. The number of nitrogens with zero attached hydrogens (tertiary/aromatic N) is 2. The molecular weight excluding hydrogens is 288 g/mol. The molecule has 0 saturated heterocycles. The third kappa shape index (κ3) is 3.80. The molecule has 1 aromatic carbocycles. The van der Waals surface area contributed by atoms with Gasteiger partial charge in [0.05, 0.1) is 11.5 Å². The average molecular weight is 306 g/mol. The molecule has 0 saturated carbocycles. The lowest BCUT2D eigenvalue weighted by Crippen LogP contribution is -2.26. The van der Waals surface area contributed by atoms with Crippen LogP contribution in [0.25, 0.3) is 0 Å². The first-order valence-electron chi connectivity index (χ1n) is 6.62. The number of aromatic nitrogens is 1. The lowest BCUT2D eigenvalue weighted by Gasteiger charge is -2.17. The highest BCUT2D eigenvalue weighted by Crippen LogP contribution is 2.20. The molecule has 0 unspecified atom stereocenters. The number of hydrogen-bond acceptors (Lipinski definition) is 4. The molecule has 0 aliphatic heterocycles. The van der Waals surface area contributed by atoms with Crippen molar-refractivity contribution in [1.82, 2.24) is 9.29 Å². The van der Waals surface area contributed by atoms with Gasteiger partial charge < -0.3 is 4.74 Å². The molecule has 1 heterocycles. The Hall–Kier alpha value is -1.92. The van der Waals surface area contributed by atoms with Crippen LogP contribution < -0.4 is 4.74 Å². The molecule has 2 rings (SSSR count). The monoisotopic (exact) mass is 306 g/mol. The normalized spacial score (nSPS) is 11.6. The van der Waals surface area contributed by atoms with Gasteiger partial charge in [0.1, 0.15) is 5.75 Å². The van der Waals surface area contributed by atoms with Crippen LogP contribution in [0, 0.1) is 0 Å². The van der Waals surface area contributed by atoms with E-state index in [0.717, 1.165) is 5.56 Å². The highest BCUT2D eigenvalue weighted by Gasteiger charge is 2.20. The van der Waals surface area contributed by atoms with Gasteiger partial charge in [0.25, 0.3) is 0 Å². The lowest BCUT2D eigenvalue weighted by molar-refractivity contribution is 0.340. The molecule has 0 N–H and O–H groups in total. The maximum absolute atomic E-state index is 12.5. The zero-order chi connectivity index (χ0) is 15.3. The van der Waals surface area contributed by atoms with Gasteiger partial charge in [-0.25, -0.2) is 8.42 Å². The summed E-state index contributed by atoms with van der Waals surface area (Å²) < 4.78 is 31.6. The molecule has 0 bridgehead atoms. The fourth-order valence-corrected chi connectivity index (χ4v) is 3.04. The van der Waals surface area contributed by atoms with Crippen molar-refractivity contribution in [2.45, 2.75) is 18.4 Å². The van der Waals surface area contributed by atoms with Crippen molar-refractivity contribution in [2.75, 3.05) is 13.7 Å². The van der Waals surface area contributed by atoms with Gasteiger partial charge in [-0.2, -0.15) is 4.31 Å². The minimum Gasteiger partial charge on any atom is -0.494 e. The van der Waals surface area contributed by atoms with Gasteiger partial charge in [0.2, 0.25) is 10.0 Å². The minimum atomic E-state index is -3.51. The van der Waals surface area contributed by atoms with Crippen molar-refractivity contribution in [1.29, 1.82) is 0 Å². The van der Waals surface area contributed by atoms with Crippen LogP contribution in [0.15, 0.2) is 53.7 Å². The predicted octanol–water partition coefficient (Wildman–Crippen LogP) is 2.30. The smallest absolute Gasteiger partial charge is 0.243 e. The lowest BCUT2D eigenvalue weighted by atomic mass is 10.3. The number of sulfonamides is 1. The highest BCUT2D eigenvalue weighted by molar-refractivity contribution is 7.89. The van der Waals surface area contributed by atoms with E-state index in [-0.39, 0.29) is 4.90 Å². The maximum Gasteiger partial charge on any atom is 0.243 e. The summed E-state index contributed by atoms with van der Waals surface area (Å²) in [7, 11) is -1.95. The fraction of sp³-hybridized carbons (Fsp3) is 0.267. The van der Waals surface area contributed by atoms with E-state index in [1.165, 1.54) is 4.31 Å². The summed E-state index contributed by atoms with van der Waals surface area (Å²) >= 11 is 0. The van der Waals surface area contributed by atoms with Crippen molar-refractivity contribution in [2.24, 2.45) is 0 Å². The number of benzene rings is 1. The van der Waals surface area contributed by atoms with Crippen molar-refractivity contribution in [3.05, 3.63) is 54.4 Å². The molecule has 21 heavy (non-hydrogen) atoms. The Balaban J connectivity index is 2.16. The summed E-state index contributed by atoms with van der Waals surface area (Å²) in [5.74, 6) is 0.660. The van der Waals surface area contributed by atoms with Crippen molar-refractivity contribution in [3.8, 4) is 5.75 Å².